The van der Waals surface area contributed by atoms with Gasteiger partial charge in [-0.05, 0) is 12.6 Å². The first-order valence-corrected chi connectivity index (χ1v) is 4.72. The van der Waals surface area contributed by atoms with Crippen LogP contribution in [0.15, 0.2) is 30.3 Å². The lowest BCUT2D eigenvalue weighted by molar-refractivity contribution is 0.0468. The quantitative estimate of drug-likeness (QED) is 0.679. The fraction of sp³-hybridized carbons (Fsp3) is 0.455. The molecule has 2 rings (SSSR count). The van der Waals surface area contributed by atoms with Gasteiger partial charge >= 0.3 is 0 Å². The molecular formula is C11H15NO. The van der Waals surface area contributed by atoms with Gasteiger partial charge in [-0.2, -0.15) is 0 Å². The van der Waals surface area contributed by atoms with Crippen LogP contribution in [0.5, 0.6) is 0 Å². The molecule has 1 fully saturated rings. The average Bonchev–Trinajstić information content (AvgIpc) is 2.54. The summed E-state index contributed by atoms with van der Waals surface area (Å²) in [7, 11) is 2.11. The second-order valence-corrected chi connectivity index (χ2v) is 3.50. The van der Waals surface area contributed by atoms with Crippen molar-refractivity contribution < 1.29 is 4.74 Å². The molecule has 2 nitrogen and oxygen atoms in total. The Balaban J connectivity index is 1.98. The summed E-state index contributed by atoms with van der Waals surface area (Å²) < 4.78 is 5.60. The topological polar surface area (TPSA) is 12.5 Å². The van der Waals surface area contributed by atoms with E-state index in [4.69, 9.17) is 4.74 Å². The molecule has 1 unspecified atom stereocenters. The van der Waals surface area contributed by atoms with Crippen molar-refractivity contribution in [2.24, 2.45) is 0 Å². The van der Waals surface area contributed by atoms with Gasteiger partial charge in [0.2, 0.25) is 0 Å². The first kappa shape index (κ1) is 8.73. The number of hydrogen-bond acceptors (Lipinski definition) is 2. The summed E-state index contributed by atoms with van der Waals surface area (Å²) in [5.41, 5.74) is 1.35. The molecule has 1 aliphatic rings. The molecule has 0 spiro atoms. The summed E-state index contributed by atoms with van der Waals surface area (Å²) in [6, 6.07) is 10.5. The Morgan fingerprint density at radius 1 is 1.38 bits per heavy atom. The molecule has 1 atom stereocenters. The van der Waals surface area contributed by atoms with Crippen molar-refractivity contribution in [2.75, 3.05) is 20.2 Å². The van der Waals surface area contributed by atoms with Gasteiger partial charge in [0.15, 0.2) is 0 Å². The molecule has 0 aromatic heterocycles. The van der Waals surface area contributed by atoms with E-state index >= 15 is 0 Å². The van der Waals surface area contributed by atoms with Crippen LogP contribution < -0.4 is 0 Å². The lowest BCUT2D eigenvalue weighted by Gasteiger charge is -2.17. The standard InChI is InChI=1S/C11H15NO/c1-12-7-8-13-11(12)9-10-5-3-2-4-6-10/h2-6,11H,7-9H2,1H3. The van der Waals surface area contributed by atoms with E-state index in [0.717, 1.165) is 19.6 Å². The molecule has 1 aromatic carbocycles. The summed E-state index contributed by atoms with van der Waals surface area (Å²) in [6.45, 7) is 1.92. The molecule has 0 amide bonds. The highest BCUT2D eigenvalue weighted by molar-refractivity contribution is 5.15. The molecule has 2 heteroatoms. The zero-order chi connectivity index (χ0) is 9.10. The molecule has 13 heavy (non-hydrogen) atoms. The highest BCUT2D eigenvalue weighted by Gasteiger charge is 2.21. The maximum absolute atomic E-state index is 5.60. The Hall–Kier alpha value is -0.860. The number of likely N-dealkylation sites (N-methyl/N-ethyl adjacent to an activating group) is 1. The lowest BCUT2D eigenvalue weighted by Crippen LogP contribution is -2.27. The van der Waals surface area contributed by atoms with E-state index in [1.165, 1.54) is 5.56 Å². The van der Waals surface area contributed by atoms with Crippen LogP contribution in [0.2, 0.25) is 0 Å². The van der Waals surface area contributed by atoms with Gasteiger partial charge in [-0.25, -0.2) is 0 Å². The van der Waals surface area contributed by atoms with Crippen LogP contribution >= 0.6 is 0 Å². The highest BCUT2D eigenvalue weighted by atomic mass is 16.5. The van der Waals surface area contributed by atoms with Crippen LogP contribution in [0.4, 0.5) is 0 Å². The minimum Gasteiger partial charge on any atom is -0.361 e. The number of rotatable bonds is 2. The normalized spacial score (nSPS) is 23.6. The molecule has 1 saturated heterocycles. The first-order valence-electron chi connectivity index (χ1n) is 4.72. The van der Waals surface area contributed by atoms with Crippen LogP contribution in [0.3, 0.4) is 0 Å². The monoisotopic (exact) mass is 177 g/mol. The molecule has 0 radical (unpaired) electrons. The van der Waals surface area contributed by atoms with Crippen molar-refractivity contribution >= 4 is 0 Å². The smallest absolute Gasteiger partial charge is 0.114 e. The third-order valence-electron chi connectivity index (χ3n) is 2.50. The van der Waals surface area contributed by atoms with Gasteiger partial charge in [-0.15, -0.1) is 0 Å². The molecule has 0 bridgehead atoms. The SMILES string of the molecule is CN1CCOC1Cc1ccccc1. The largest absolute Gasteiger partial charge is 0.361 e. The van der Waals surface area contributed by atoms with Gasteiger partial charge < -0.3 is 4.74 Å². The highest BCUT2D eigenvalue weighted by Crippen LogP contribution is 2.12. The van der Waals surface area contributed by atoms with Gasteiger partial charge in [0.25, 0.3) is 0 Å². The molecule has 1 heterocycles. The van der Waals surface area contributed by atoms with E-state index in [0.29, 0.717) is 0 Å². The zero-order valence-electron chi connectivity index (χ0n) is 7.94. The van der Waals surface area contributed by atoms with E-state index in [1.54, 1.807) is 0 Å². The van der Waals surface area contributed by atoms with Crippen LogP contribution in [0, 0.1) is 0 Å². The Kier molecular flexibility index (Phi) is 2.62. The van der Waals surface area contributed by atoms with E-state index in [1.807, 2.05) is 6.07 Å². The number of benzene rings is 1. The first-order chi connectivity index (χ1) is 6.36. The number of hydrogen-bond donors (Lipinski definition) is 0. The Morgan fingerprint density at radius 3 is 2.77 bits per heavy atom. The summed E-state index contributed by atoms with van der Waals surface area (Å²) in [6.07, 6.45) is 1.28. The predicted octanol–water partition coefficient (Wildman–Crippen LogP) is 1.52. The zero-order valence-corrected chi connectivity index (χ0v) is 7.94. The van der Waals surface area contributed by atoms with Crippen molar-refractivity contribution in [1.82, 2.24) is 4.90 Å². The summed E-state index contributed by atoms with van der Waals surface area (Å²) >= 11 is 0. The minimum absolute atomic E-state index is 0.280. The molecule has 0 N–H and O–H groups in total. The lowest BCUT2D eigenvalue weighted by atomic mass is 10.1. The Morgan fingerprint density at radius 2 is 2.15 bits per heavy atom. The molecule has 1 aromatic rings. The average molecular weight is 177 g/mol. The fourth-order valence-corrected chi connectivity index (χ4v) is 1.63. The van der Waals surface area contributed by atoms with E-state index in [2.05, 4.69) is 36.2 Å². The second-order valence-electron chi connectivity index (χ2n) is 3.50. The molecule has 70 valence electrons. The van der Waals surface area contributed by atoms with Crippen molar-refractivity contribution in [3.63, 3.8) is 0 Å². The summed E-state index contributed by atoms with van der Waals surface area (Å²) in [4.78, 5) is 2.26. The third kappa shape index (κ3) is 2.08. The minimum atomic E-state index is 0.280. The Labute approximate surface area is 79.1 Å². The summed E-state index contributed by atoms with van der Waals surface area (Å²) in [5.74, 6) is 0. The van der Waals surface area contributed by atoms with Crippen molar-refractivity contribution in [1.29, 1.82) is 0 Å². The van der Waals surface area contributed by atoms with Gasteiger partial charge in [-0.3, -0.25) is 4.90 Å². The van der Waals surface area contributed by atoms with Crippen LogP contribution in [0.25, 0.3) is 0 Å². The second kappa shape index (κ2) is 3.90. The van der Waals surface area contributed by atoms with E-state index in [9.17, 15) is 0 Å². The fourth-order valence-electron chi connectivity index (χ4n) is 1.63. The van der Waals surface area contributed by atoms with Gasteiger partial charge in [0.1, 0.15) is 6.23 Å². The van der Waals surface area contributed by atoms with Crippen molar-refractivity contribution in [3.8, 4) is 0 Å². The van der Waals surface area contributed by atoms with Gasteiger partial charge in [-0.1, -0.05) is 30.3 Å². The number of ether oxygens (including phenoxy) is 1. The van der Waals surface area contributed by atoms with Gasteiger partial charge in [0.05, 0.1) is 6.61 Å². The number of nitrogens with zero attached hydrogens (tertiary/aromatic N) is 1. The predicted molar refractivity (Wildman–Crippen MR) is 52.5 cm³/mol. The van der Waals surface area contributed by atoms with Gasteiger partial charge in [0, 0.05) is 13.0 Å². The molecule has 1 aliphatic heterocycles. The Bertz CT molecular complexity index is 260. The maximum Gasteiger partial charge on any atom is 0.114 e. The van der Waals surface area contributed by atoms with Crippen molar-refractivity contribution in [2.45, 2.75) is 12.6 Å². The van der Waals surface area contributed by atoms with Crippen LogP contribution in [-0.2, 0) is 11.2 Å². The van der Waals surface area contributed by atoms with E-state index < -0.39 is 0 Å². The van der Waals surface area contributed by atoms with Crippen LogP contribution in [0.1, 0.15) is 5.56 Å². The molecular weight excluding hydrogens is 162 g/mol. The van der Waals surface area contributed by atoms with Crippen LogP contribution in [-0.4, -0.2) is 31.3 Å². The van der Waals surface area contributed by atoms with Crippen molar-refractivity contribution in [3.05, 3.63) is 35.9 Å². The molecule has 0 aliphatic carbocycles. The maximum atomic E-state index is 5.60. The third-order valence-corrected chi connectivity index (χ3v) is 2.50. The van der Waals surface area contributed by atoms with E-state index in [-0.39, 0.29) is 6.23 Å². The summed E-state index contributed by atoms with van der Waals surface area (Å²) in [5, 5.41) is 0. The molecule has 0 saturated carbocycles.